The molecule has 128 valence electrons. The number of para-hydroxylation sites is 1. The molecule has 2 aromatic carbocycles. The molecule has 0 atom stereocenters. The Labute approximate surface area is 139 Å². The lowest BCUT2D eigenvalue weighted by Gasteiger charge is -2.12. The smallest absolute Gasteiger partial charge is 0.340 e. The molecule has 0 spiro atoms. The highest BCUT2D eigenvalue weighted by Crippen LogP contribution is 2.25. The lowest BCUT2D eigenvalue weighted by atomic mass is 10.2. The highest BCUT2D eigenvalue weighted by atomic mass is 32.2. The van der Waals surface area contributed by atoms with Crippen molar-refractivity contribution in [1.29, 1.82) is 0 Å². The molecule has 0 heterocycles. The summed E-state index contributed by atoms with van der Waals surface area (Å²) < 4.78 is 50.4. The first kappa shape index (κ1) is 17.7. The Bertz CT molecular complexity index is 851. The maximum atomic E-state index is 13.4. The number of anilines is 1. The molecule has 24 heavy (non-hydrogen) atoms. The van der Waals surface area contributed by atoms with Gasteiger partial charge < -0.3 is 9.47 Å². The van der Waals surface area contributed by atoms with Gasteiger partial charge in [0.05, 0.1) is 29.9 Å². The number of sulfonamides is 1. The Morgan fingerprint density at radius 1 is 1.21 bits per heavy atom. The van der Waals surface area contributed by atoms with Crippen molar-refractivity contribution in [3.63, 3.8) is 0 Å². The fourth-order valence-electron chi connectivity index (χ4n) is 1.97. The van der Waals surface area contributed by atoms with Gasteiger partial charge in [0.15, 0.2) is 11.6 Å². The van der Waals surface area contributed by atoms with Gasteiger partial charge in [0.2, 0.25) is 0 Å². The third kappa shape index (κ3) is 3.83. The zero-order valence-electron chi connectivity index (χ0n) is 13.1. The highest BCUT2D eigenvalue weighted by Gasteiger charge is 2.20. The minimum absolute atomic E-state index is 0.0687. The number of nitrogens with one attached hydrogen (secondary N) is 1. The lowest BCUT2D eigenvalue weighted by Crippen LogP contribution is -2.16. The molecule has 0 saturated heterocycles. The molecule has 0 fully saturated rings. The molecule has 8 heteroatoms. The first-order valence-electron chi connectivity index (χ1n) is 7.01. The van der Waals surface area contributed by atoms with Crippen molar-refractivity contribution in [1.82, 2.24) is 0 Å². The largest absolute Gasteiger partial charge is 0.494 e. The normalized spacial score (nSPS) is 11.0. The van der Waals surface area contributed by atoms with Crippen molar-refractivity contribution >= 4 is 21.7 Å². The predicted molar refractivity (Wildman–Crippen MR) is 86.2 cm³/mol. The molecule has 0 bridgehead atoms. The average molecular weight is 353 g/mol. The average Bonchev–Trinajstić information content (AvgIpc) is 2.55. The van der Waals surface area contributed by atoms with Gasteiger partial charge in [-0.3, -0.25) is 4.72 Å². The van der Waals surface area contributed by atoms with Crippen molar-refractivity contribution in [3.8, 4) is 5.75 Å². The Balaban J connectivity index is 2.38. The van der Waals surface area contributed by atoms with E-state index >= 15 is 0 Å². The van der Waals surface area contributed by atoms with Gasteiger partial charge in [-0.25, -0.2) is 17.6 Å². The van der Waals surface area contributed by atoms with Crippen LogP contribution in [0.15, 0.2) is 47.4 Å². The number of hydrogen-bond donors (Lipinski definition) is 1. The Hall–Kier alpha value is -2.61. The van der Waals surface area contributed by atoms with E-state index in [4.69, 9.17) is 9.47 Å². The van der Waals surface area contributed by atoms with Gasteiger partial charge in [-0.2, -0.15) is 0 Å². The number of halogens is 1. The van der Waals surface area contributed by atoms with Crippen LogP contribution in [0.5, 0.6) is 5.75 Å². The molecule has 0 aliphatic rings. The third-order valence-electron chi connectivity index (χ3n) is 3.10. The van der Waals surface area contributed by atoms with E-state index in [-0.39, 0.29) is 28.5 Å². The number of rotatable bonds is 6. The summed E-state index contributed by atoms with van der Waals surface area (Å²) in [5.74, 6) is -1.52. The summed E-state index contributed by atoms with van der Waals surface area (Å²) in [5.41, 5.74) is 0.149. The predicted octanol–water partition coefficient (Wildman–Crippen LogP) is 2.81. The summed E-state index contributed by atoms with van der Waals surface area (Å²) in [6, 6.07) is 9.20. The highest BCUT2D eigenvalue weighted by molar-refractivity contribution is 7.92. The fourth-order valence-corrected chi connectivity index (χ4v) is 3.06. The molecule has 0 radical (unpaired) electrons. The molecule has 0 aromatic heterocycles. The molecule has 0 aliphatic heterocycles. The SMILES string of the molecule is CCOC(=O)c1ccccc1NS(=O)(=O)c1ccc(F)c(OC)c1. The molecule has 0 amide bonds. The summed E-state index contributed by atoms with van der Waals surface area (Å²) in [6.07, 6.45) is 0. The number of hydrogen-bond acceptors (Lipinski definition) is 5. The van der Waals surface area contributed by atoms with E-state index in [1.54, 1.807) is 19.1 Å². The van der Waals surface area contributed by atoms with Crippen LogP contribution >= 0.6 is 0 Å². The summed E-state index contributed by atoms with van der Waals surface area (Å²) in [7, 11) is -2.80. The fraction of sp³-hybridized carbons (Fsp3) is 0.188. The minimum atomic E-state index is -4.04. The van der Waals surface area contributed by atoms with Gasteiger partial charge in [-0.05, 0) is 31.2 Å². The van der Waals surface area contributed by atoms with Crippen LogP contribution in [0.4, 0.5) is 10.1 Å². The molecular formula is C16H16FNO5S. The number of methoxy groups -OCH3 is 1. The number of carbonyl (C=O) groups excluding carboxylic acids is 1. The number of esters is 1. The van der Waals surface area contributed by atoms with Crippen LogP contribution in [-0.2, 0) is 14.8 Å². The van der Waals surface area contributed by atoms with Crippen molar-refractivity contribution in [2.75, 3.05) is 18.4 Å². The molecular weight excluding hydrogens is 337 g/mol. The molecule has 0 aliphatic carbocycles. The van der Waals surface area contributed by atoms with E-state index in [0.717, 1.165) is 18.2 Å². The zero-order valence-corrected chi connectivity index (χ0v) is 13.9. The number of benzene rings is 2. The first-order valence-corrected chi connectivity index (χ1v) is 8.50. The van der Waals surface area contributed by atoms with E-state index in [0.29, 0.717) is 0 Å². The second-order valence-corrected chi connectivity index (χ2v) is 6.35. The molecule has 2 rings (SSSR count). The van der Waals surface area contributed by atoms with Crippen molar-refractivity contribution in [2.24, 2.45) is 0 Å². The summed E-state index contributed by atoms with van der Waals surface area (Å²) in [6.45, 7) is 1.81. The molecule has 2 aromatic rings. The van der Waals surface area contributed by atoms with Gasteiger partial charge >= 0.3 is 5.97 Å². The summed E-state index contributed by atoms with van der Waals surface area (Å²) in [5, 5.41) is 0. The van der Waals surface area contributed by atoms with E-state index < -0.39 is 21.8 Å². The minimum Gasteiger partial charge on any atom is -0.494 e. The molecule has 0 unspecified atom stereocenters. The number of ether oxygens (including phenoxy) is 2. The quantitative estimate of drug-likeness (QED) is 0.808. The molecule has 6 nitrogen and oxygen atoms in total. The van der Waals surface area contributed by atoms with Crippen LogP contribution in [0.2, 0.25) is 0 Å². The van der Waals surface area contributed by atoms with Crippen molar-refractivity contribution in [3.05, 3.63) is 53.8 Å². The third-order valence-corrected chi connectivity index (χ3v) is 4.46. The van der Waals surface area contributed by atoms with E-state index in [2.05, 4.69) is 4.72 Å². The summed E-state index contributed by atoms with van der Waals surface area (Å²) in [4.78, 5) is 11.7. The van der Waals surface area contributed by atoms with Crippen LogP contribution in [0.3, 0.4) is 0 Å². The van der Waals surface area contributed by atoms with Crippen LogP contribution in [0.1, 0.15) is 17.3 Å². The van der Waals surface area contributed by atoms with E-state index in [1.807, 2.05) is 0 Å². The monoisotopic (exact) mass is 353 g/mol. The van der Waals surface area contributed by atoms with Crippen molar-refractivity contribution < 1.29 is 27.1 Å². The lowest BCUT2D eigenvalue weighted by molar-refractivity contribution is 0.0527. The standard InChI is InChI=1S/C16H16FNO5S/c1-3-23-16(19)12-6-4-5-7-14(12)18-24(20,21)11-8-9-13(17)15(10-11)22-2/h4-10,18H,3H2,1-2H3. The van der Waals surface area contributed by atoms with Crippen LogP contribution in [0, 0.1) is 5.82 Å². The zero-order chi connectivity index (χ0) is 17.7. The second kappa shape index (κ2) is 7.31. The topological polar surface area (TPSA) is 81.7 Å². The Morgan fingerprint density at radius 2 is 1.92 bits per heavy atom. The van der Waals surface area contributed by atoms with Gasteiger partial charge in [0, 0.05) is 6.07 Å². The van der Waals surface area contributed by atoms with Crippen LogP contribution in [-0.4, -0.2) is 28.1 Å². The Morgan fingerprint density at radius 3 is 2.58 bits per heavy atom. The van der Waals surface area contributed by atoms with Crippen molar-refractivity contribution in [2.45, 2.75) is 11.8 Å². The molecule has 1 N–H and O–H groups in total. The second-order valence-electron chi connectivity index (χ2n) is 4.67. The number of carbonyl (C=O) groups is 1. The van der Waals surface area contributed by atoms with Gasteiger partial charge in [0.1, 0.15) is 0 Å². The van der Waals surface area contributed by atoms with Gasteiger partial charge in [-0.15, -0.1) is 0 Å². The summed E-state index contributed by atoms with van der Waals surface area (Å²) >= 11 is 0. The van der Waals surface area contributed by atoms with E-state index in [9.17, 15) is 17.6 Å². The van der Waals surface area contributed by atoms with Gasteiger partial charge in [0.25, 0.3) is 10.0 Å². The van der Waals surface area contributed by atoms with Crippen LogP contribution < -0.4 is 9.46 Å². The van der Waals surface area contributed by atoms with E-state index in [1.165, 1.54) is 19.2 Å². The maximum absolute atomic E-state index is 13.4. The first-order chi connectivity index (χ1) is 11.4. The van der Waals surface area contributed by atoms with Gasteiger partial charge in [-0.1, -0.05) is 12.1 Å². The Kier molecular flexibility index (Phi) is 5.40. The van der Waals surface area contributed by atoms with Crippen LogP contribution in [0.25, 0.3) is 0 Å². The molecule has 0 saturated carbocycles. The maximum Gasteiger partial charge on any atom is 0.340 e.